The standard InChI is InChI=1S/C13H16N6O2/c1-9-15-4-5-19(9)11-3-2-10(7-16-11)18-13(21)8-17-12(20)6-14/h2-5,7H,6,8,14H2,1H3,(H,17,20)(H,18,21). The third kappa shape index (κ3) is 3.86. The minimum absolute atomic E-state index is 0.127. The van der Waals surface area contributed by atoms with Crippen LogP contribution in [0, 0.1) is 6.92 Å². The van der Waals surface area contributed by atoms with Crippen LogP contribution >= 0.6 is 0 Å². The molecule has 0 bridgehead atoms. The van der Waals surface area contributed by atoms with Gasteiger partial charge >= 0.3 is 0 Å². The summed E-state index contributed by atoms with van der Waals surface area (Å²) in [7, 11) is 0. The molecule has 2 aromatic rings. The van der Waals surface area contributed by atoms with Crippen molar-refractivity contribution < 1.29 is 9.59 Å². The van der Waals surface area contributed by atoms with Gasteiger partial charge in [0.05, 0.1) is 25.0 Å². The molecule has 2 rings (SSSR count). The maximum atomic E-state index is 11.6. The van der Waals surface area contributed by atoms with Gasteiger partial charge in [0, 0.05) is 12.4 Å². The van der Waals surface area contributed by atoms with E-state index in [9.17, 15) is 9.59 Å². The summed E-state index contributed by atoms with van der Waals surface area (Å²) < 4.78 is 1.83. The summed E-state index contributed by atoms with van der Waals surface area (Å²) in [6.45, 7) is 1.60. The quantitative estimate of drug-likeness (QED) is 0.692. The molecule has 8 heteroatoms. The molecular formula is C13H16N6O2. The Morgan fingerprint density at radius 3 is 2.67 bits per heavy atom. The Balaban J connectivity index is 1.95. The number of carbonyl (C=O) groups excluding carboxylic acids is 2. The second-order valence-corrected chi connectivity index (χ2v) is 4.28. The smallest absolute Gasteiger partial charge is 0.243 e. The van der Waals surface area contributed by atoms with Gasteiger partial charge < -0.3 is 16.4 Å². The second-order valence-electron chi connectivity index (χ2n) is 4.28. The van der Waals surface area contributed by atoms with Crippen LogP contribution in [0.2, 0.25) is 0 Å². The maximum Gasteiger partial charge on any atom is 0.243 e. The van der Waals surface area contributed by atoms with Gasteiger partial charge in [-0.05, 0) is 19.1 Å². The van der Waals surface area contributed by atoms with E-state index in [1.54, 1.807) is 24.5 Å². The van der Waals surface area contributed by atoms with Crippen molar-refractivity contribution in [3.63, 3.8) is 0 Å². The van der Waals surface area contributed by atoms with Crippen molar-refractivity contribution in [2.45, 2.75) is 6.92 Å². The molecule has 0 radical (unpaired) electrons. The third-order valence-corrected chi connectivity index (χ3v) is 2.74. The van der Waals surface area contributed by atoms with Crippen LogP contribution in [0.3, 0.4) is 0 Å². The van der Waals surface area contributed by atoms with Crippen LogP contribution in [0.25, 0.3) is 5.82 Å². The molecule has 8 nitrogen and oxygen atoms in total. The van der Waals surface area contributed by atoms with Crippen LogP contribution in [-0.4, -0.2) is 39.4 Å². The van der Waals surface area contributed by atoms with Gasteiger partial charge in [0.15, 0.2) is 0 Å². The first-order valence-electron chi connectivity index (χ1n) is 6.33. The van der Waals surface area contributed by atoms with Crippen LogP contribution in [0.15, 0.2) is 30.7 Å². The summed E-state index contributed by atoms with van der Waals surface area (Å²) >= 11 is 0. The highest BCUT2D eigenvalue weighted by molar-refractivity contribution is 5.94. The predicted octanol–water partition coefficient (Wildman–Crippen LogP) is -0.411. The van der Waals surface area contributed by atoms with Gasteiger partial charge in [-0.25, -0.2) is 9.97 Å². The van der Waals surface area contributed by atoms with E-state index in [2.05, 4.69) is 20.6 Å². The monoisotopic (exact) mass is 288 g/mol. The molecular weight excluding hydrogens is 272 g/mol. The summed E-state index contributed by atoms with van der Waals surface area (Å²) in [5.74, 6) is 0.808. The molecule has 0 saturated carbocycles. The van der Waals surface area contributed by atoms with E-state index in [0.29, 0.717) is 11.5 Å². The van der Waals surface area contributed by atoms with Crippen molar-refractivity contribution in [3.05, 3.63) is 36.5 Å². The van der Waals surface area contributed by atoms with Gasteiger partial charge in [0.2, 0.25) is 11.8 Å². The molecule has 0 aromatic carbocycles. The number of pyridine rings is 1. The number of hydrogen-bond acceptors (Lipinski definition) is 5. The molecule has 0 aliphatic rings. The number of carbonyl (C=O) groups is 2. The van der Waals surface area contributed by atoms with Gasteiger partial charge in [-0.15, -0.1) is 0 Å². The predicted molar refractivity (Wildman–Crippen MR) is 76.8 cm³/mol. The lowest BCUT2D eigenvalue weighted by molar-refractivity contribution is -0.123. The molecule has 0 spiro atoms. The Labute approximate surface area is 121 Å². The summed E-state index contributed by atoms with van der Waals surface area (Å²) in [5, 5.41) is 5.01. The topological polar surface area (TPSA) is 115 Å². The fraction of sp³-hybridized carbons (Fsp3) is 0.231. The second kappa shape index (κ2) is 6.62. The maximum absolute atomic E-state index is 11.6. The molecule has 2 heterocycles. The van der Waals surface area contributed by atoms with Gasteiger partial charge in [0.25, 0.3) is 0 Å². The number of imidazole rings is 1. The molecule has 2 aromatic heterocycles. The van der Waals surface area contributed by atoms with Crippen molar-refractivity contribution in [1.82, 2.24) is 19.9 Å². The number of rotatable bonds is 5. The number of aryl methyl sites for hydroxylation is 1. The van der Waals surface area contributed by atoms with E-state index < -0.39 is 0 Å². The molecule has 0 saturated heterocycles. The van der Waals surface area contributed by atoms with Crippen LogP contribution in [0.4, 0.5) is 5.69 Å². The Morgan fingerprint density at radius 2 is 2.10 bits per heavy atom. The summed E-state index contributed by atoms with van der Waals surface area (Å²) in [6.07, 6.45) is 5.03. The molecule has 0 aliphatic carbocycles. The number of nitrogens with zero attached hydrogens (tertiary/aromatic N) is 3. The zero-order valence-corrected chi connectivity index (χ0v) is 11.5. The lowest BCUT2D eigenvalue weighted by Gasteiger charge is -2.08. The largest absolute Gasteiger partial charge is 0.346 e. The van der Waals surface area contributed by atoms with Crippen LogP contribution in [0.5, 0.6) is 0 Å². The number of nitrogens with one attached hydrogen (secondary N) is 2. The average Bonchev–Trinajstić information content (AvgIpc) is 2.91. The summed E-state index contributed by atoms with van der Waals surface area (Å²) in [4.78, 5) is 30.9. The van der Waals surface area contributed by atoms with Crippen molar-refractivity contribution in [1.29, 1.82) is 0 Å². The highest BCUT2D eigenvalue weighted by atomic mass is 16.2. The first kappa shape index (κ1) is 14.7. The molecule has 4 N–H and O–H groups in total. The summed E-state index contributed by atoms with van der Waals surface area (Å²) in [6, 6.07) is 3.49. The number of aromatic nitrogens is 3. The van der Waals surface area contributed by atoms with Gasteiger partial charge in [-0.3, -0.25) is 14.2 Å². The van der Waals surface area contributed by atoms with E-state index in [1.165, 1.54) is 6.20 Å². The molecule has 0 atom stereocenters. The zero-order chi connectivity index (χ0) is 15.2. The zero-order valence-electron chi connectivity index (χ0n) is 11.5. The molecule has 110 valence electrons. The van der Waals surface area contributed by atoms with Crippen molar-refractivity contribution in [2.75, 3.05) is 18.4 Å². The first-order chi connectivity index (χ1) is 10.1. The van der Waals surface area contributed by atoms with E-state index in [0.717, 1.165) is 5.82 Å². The van der Waals surface area contributed by atoms with Crippen LogP contribution in [-0.2, 0) is 9.59 Å². The lowest BCUT2D eigenvalue weighted by atomic mass is 10.4. The molecule has 2 amide bonds. The Morgan fingerprint density at radius 1 is 1.29 bits per heavy atom. The van der Waals surface area contributed by atoms with Crippen molar-refractivity contribution in [2.24, 2.45) is 5.73 Å². The number of nitrogens with two attached hydrogens (primary N) is 1. The molecule has 0 aliphatic heterocycles. The molecule has 0 fully saturated rings. The molecule has 21 heavy (non-hydrogen) atoms. The normalized spacial score (nSPS) is 10.2. The third-order valence-electron chi connectivity index (χ3n) is 2.74. The fourth-order valence-corrected chi connectivity index (χ4v) is 1.68. The van der Waals surface area contributed by atoms with E-state index in [4.69, 9.17) is 5.73 Å². The Bertz CT molecular complexity index is 634. The van der Waals surface area contributed by atoms with Crippen LogP contribution < -0.4 is 16.4 Å². The van der Waals surface area contributed by atoms with Gasteiger partial charge in [0.1, 0.15) is 11.6 Å². The fourth-order valence-electron chi connectivity index (χ4n) is 1.68. The SMILES string of the molecule is Cc1nccn1-c1ccc(NC(=O)CNC(=O)CN)cn1. The summed E-state index contributed by atoms with van der Waals surface area (Å²) in [5.41, 5.74) is 5.67. The highest BCUT2D eigenvalue weighted by Crippen LogP contribution is 2.11. The Hall–Kier alpha value is -2.74. The van der Waals surface area contributed by atoms with Crippen molar-refractivity contribution >= 4 is 17.5 Å². The molecule has 0 unspecified atom stereocenters. The minimum atomic E-state index is -0.380. The number of amides is 2. The average molecular weight is 288 g/mol. The lowest BCUT2D eigenvalue weighted by Crippen LogP contribution is -2.36. The minimum Gasteiger partial charge on any atom is -0.346 e. The van der Waals surface area contributed by atoms with Gasteiger partial charge in [-0.2, -0.15) is 0 Å². The highest BCUT2D eigenvalue weighted by Gasteiger charge is 2.06. The number of anilines is 1. The first-order valence-corrected chi connectivity index (χ1v) is 6.33. The number of hydrogen-bond donors (Lipinski definition) is 3. The Kier molecular flexibility index (Phi) is 4.62. The van der Waals surface area contributed by atoms with E-state index >= 15 is 0 Å². The van der Waals surface area contributed by atoms with E-state index in [1.807, 2.05) is 11.5 Å². The van der Waals surface area contributed by atoms with Crippen LogP contribution in [0.1, 0.15) is 5.82 Å². The van der Waals surface area contributed by atoms with E-state index in [-0.39, 0.29) is 24.9 Å². The van der Waals surface area contributed by atoms with Crippen molar-refractivity contribution in [3.8, 4) is 5.82 Å². The van der Waals surface area contributed by atoms with Gasteiger partial charge in [-0.1, -0.05) is 0 Å².